The molecule has 1 aliphatic rings. The lowest BCUT2D eigenvalue weighted by molar-refractivity contribution is -0.134. The van der Waals surface area contributed by atoms with E-state index in [1.165, 1.54) is 16.7 Å². The molecule has 1 fully saturated rings. The Balaban J connectivity index is 1.64. The molecule has 4 aromatic rings. The van der Waals surface area contributed by atoms with Crippen molar-refractivity contribution < 1.29 is 9.13 Å². The highest BCUT2D eigenvalue weighted by Crippen LogP contribution is 2.44. The fourth-order valence-corrected chi connectivity index (χ4v) is 3.81. The van der Waals surface area contributed by atoms with Crippen LogP contribution in [-0.2, 0) is 18.8 Å². The molecule has 1 saturated heterocycles. The molecule has 4 heterocycles. The van der Waals surface area contributed by atoms with Crippen molar-refractivity contribution in [1.29, 1.82) is 0 Å². The molecular weight excluding hydrogens is 423 g/mol. The highest BCUT2D eigenvalue weighted by molar-refractivity contribution is 6.30. The molecular formula is C21H18ClFN6O2. The molecule has 0 aliphatic carbocycles. The largest absolute Gasteiger partial charge is 0.362 e. The van der Waals surface area contributed by atoms with Crippen LogP contribution in [-0.4, -0.2) is 29.3 Å². The molecule has 10 heteroatoms. The molecule has 0 radical (unpaired) electrons. The molecule has 1 aliphatic heterocycles. The standard InChI is InChI=1S/C21H18ClFN6O2/c1-10-25-18-17(13-5-4-12(22)6-14(13)23)26-20(27-19(18)21(30)29(10)3)16-7-15(31-16)11-8-24-28(2)9-11/h4-6,8-9,15-16H,7H2,1-3H3/t15-,16-/m1/s1. The highest BCUT2D eigenvalue weighted by atomic mass is 35.5. The van der Waals surface area contributed by atoms with E-state index in [1.54, 1.807) is 30.9 Å². The second-order valence-electron chi connectivity index (χ2n) is 7.57. The molecule has 1 aromatic carbocycles. The summed E-state index contributed by atoms with van der Waals surface area (Å²) >= 11 is 5.91. The van der Waals surface area contributed by atoms with E-state index < -0.39 is 11.9 Å². The molecule has 0 saturated carbocycles. The third-order valence-electron chi connectivity index (χ3n) is 5.50. The summed E-state index contributed by atoms with van der Waals surface area (Å²) in [6.45, 7) is 1.70. The van der Waals surface area contributed by atoms with Gasteiger partial charge in [-0.15, -0.1) is 0 Å². The Morgan fingerprint density at radius 1 is 1.16 bits per heavy atom. The highest BCUT2D eigenvalue weighted by Gasteiger charge is 2.36. The van der Waals surface area contributed by atoms with E-state index in [2.05, 4.69) is 20.1 Å². The number of rotatable bonds is 3. The zero-order chi connectivity index (χ0) is 21.9. The third-order valence-corrected chi connectivity index (χ3v) is 5.73. The van der Waals surface area contributed by atoms with Crippen LogP contribution in [0.3, 0.4) is 0 Å². The summed E-state index contributed by atoms with van der Waals surface area (Å²) in [5.74, 6) is 0.238. The topological polar surface area (TPSA) is 87.7 Å². The second-order valence-corrected chi connectivity index (χ2v) is 8.01. The van der Waals surface area contributed by atoms with Crippen molar-refractivity contribution in [2.45, 2.75) is 25.6 Å². The summed E-state index contributed by atoms with van der Waals surface area (Å²) in [6.07, 6.45) is 3.71. The van der Waals surface area contributed by atoms with Gasteiger partial charge >= 0.3 is 0 Å². The van der Waals surface area contributed by atoms with Crippen molar-refractivity contribution in [2.75, 3.05) is 0 Å². The molecule has 0 spiro atoms. The average molecular weight is 441 g/mol. The number of nitrogens with zero attached hydrogens (tertiary/aromatic N) is 6. The lowest BCUT2D eigenvalue weighted by Gasteiger charge is -2.34. The monoisotopic (exact) mass is 440 g/mol. The van der Waals surface area contributed by atoms with E-state index in [9.17, 15) is 9.18 Å². The zero-order valence-corrected chi connectivity index (χ0v) is 17.8. The Morgan fingerprint density at radius 3 is 2.61 bits per heavy atom. The Bertz CT molecular complexity index is 1390. The van der Waals surface area contributed by atoms with Gasteiger partial charge in [0.2, 0.25) is 0 Å². The van der Waals surface area contributed by atoms with E-state index in [-0.39, 0.29) is 39.0 Å². The van der Waals surface area contributed by atoms with Crippen LogP contribution in [0.4, 0.5) is 4.39 Å². The van der Waals surface area contributed by atoms with Crippen LogP contribution in [0.25, 0.3) is 22.3 Å². The maximum Gasteiger partial charge on any atom is 0.279 e. The van der Waals surface area contributed by atoms with Crippen molar-refractivity contribution >= 4 is 22.6 Å². The lowest BCUT2D eigenvalue weighted by atomic mass is 9.99. The third kappa shape index (κ3) is 3.30. The van der Waals surface area contributed by atoms with Gasteiger partial charge in [0.05, 0.1) is 12.3 Å². The Hall–Kier alpha value is -3.17. The van der Waals surface area contributed by atoms with Gasteiger partial charge in [-0.05, 0) is 25.1 Å². The number of aromatic nitrogens is 6. The number of halogens is 2. The quantitative estimate of drug-likeness (QED) is 0.485. The lowest BCUT2D eigenvalue weighted by Crippen LogP contribution is -2.27. The van der Waals surface area contributed by atoms with E-state index in [0.29, 0.717) is 18.1 Å². The van der Waals surface area contributed by atoms with Gasteiger partial charge in [0.15, 0.2) is 11.3 Å². The summed E-state index contributed by atoms with van der Waals surface area (Å²) in [5.41, 5.74) is 1.43. The van der Waals surface area contributed by atoms with Gasteiger partial charge in [0.25, 0.3) is 5.56 Å². The zero-order valence-electron chi connectivity index (χ0n) is 17.0. The van der Waals surface area contributed by atoms with Gasteiger partial charge in [0.1, 0.15) is 29.0 Å². The predicted molar refractivity (Wildman–Crippen MR) is 112 cm³/mol. The number of ether oxygens (including phenoxy) is 1. The predicted octanol–water partition coefficient (Wildman–Crippen LogP) is 3.43. The molecule has 0 unspecified atom stereocenters. The first-order chi connectivity index (χ1) is 14.8. The van der Waals surface area contributed by atoms with Gasteiger partial charge in [-0.25, -0.2) is 19.3 Å². The summed E-state index contributed by atoms with van der Waals surface area (Å²) in [7, 11) is 3.45. The van der Waals surface area contributed by atoms with Crippen LogP contribution in [0.1, 0.15) is 35.8 Å². The Kier molecular flexibility index (Phi) is 4.60. The van der Waals surface area contributed by atoms with Crippen LogP contribution in [0.15, 0.2) is 35.4 Å². The number of hydrogen-bond donors (Lipinski definition) is 0. The number of benzene rings is 1. The minimum atomic E-state index is -0.554. The molecule has 0 amide bonds. The van der Waals surface area contributed by atoms with Crippen LogP contribution < -0.4 is 5.56 Å². The maximum atomic E-state index is 14.8. The summed E-state index contributed by atoms with van der Waals surface area (Å²) in [5, 5.41) is 4.42. The molecule has 3 aromatic heterocycles. The Morgan fingerprint density at radius 2 is 1.94 bits per heavy atom. The van der Waals surface area contributed by atoms with E-state index in [1.807, 2.05) is 13.2 Å². The van der Waals surface area contributed by atoms with Gasteiger partial charge in [0, 0.05) is 42.9 Å². The van der Waals surface area contributed by atoms with E-state index >= 15 is 0 Å². The van der Waals surface area contributed by atoms with Crippen LogP contribution in [0.5, 0.6) is 0 Å². The van der Waals surface area contributed by atoms with Crippen molar-refractivity contribution in [3.05, 3.63) is 69.0 Å². The van der Waals surface area contributed by atoms with Crippen molar-refractivity contribution in [1.82, 2.24) is 29.3 Å². The van der Waals surface area contributed by atoms with Gasteiger partial charge in [-0.1, -0.05) is 11.6 Å². The normalized spacial score (nSPS) is 18.4. The summed E-state index contributed by atoms with van der Waals surface area (Å²) in [6, 6.07) is 4.30. The fraction of sp³-hybridized carbons (Fsp3) is 0.286. The molecule has 0 bridgehead atoms. The van der Waals surface area contributed by atoms with Crippen LogP contribution in [0.2, 0.25) is 5.02 Å². The van der Waals surface area contributed by atoms with Gasteiger partial charge < -0.3 is 4.74 Å². The molecule has 158 valence electrons. The number of aryl methyl sites for hydroxylation is 2. The fourth-order valence-electron chi connectivity index (χ4n) is 3.65. The van der Waals surface area contributed by atoms with Crippen LogP contribution in [0, 0.1) is 12.7 Å². The van der Waals surface area contributed by atoms with Crippen molar-refractivity contribution in [2.24, 2.45) is 14.1 Å². The average Bonchev–Trinajstić information content (AvgIpc) is 3.11. The van der Waals surface area contributed by atoms with E-state index in [4.69, 9.17) is 16.3 Å². The number of fused-ring (bicyclic) bond motifs is 1. The first-order valence-corrected chi connectivity index (χ1v) is 10.0. The molecule has 8 nitrogen and oxygen atoms in total. The van der Waals surface area contributed by atoms with Crippen molar-refractivity contribution in [3.63, 3.8) is 0 Å². The smallest absolute Gasteiger partial charge is 0.279 e. The first-order valence-electron chi connectivity index (χ1n) is 9.66. The first kappa shape index (κ1) is 19.8. The molecule has 0 N–H and O–H groups in total. The maximum absolute atomic E-state index is 14.8. The van der Waals surface area contributed by atoms with Crippen LogP contribution >= 0.6 is 11.6 Å². The summed E-state index contributed by atoms with van der Waals surface area (Å²) in [4.78, 5) is 26.4. The summed E-state index contributed by atoms with van der Waals surface area (Å²) < 4.78 is 23.9. The SMILES string of the molecule is Cc1nc2c(-c3ccc(Cl)cc3F)nc([C@H]3C[C@H](c4cnn(C)c4)O3)nc2c(=O)n1C. The van der Waals surface area contributed by atoms with Crippen molar-refractivity contribution in [3.8, 4) is 11.3 Å². The minimum absolute atomic E-state index is 0.121. The molecule has 2 atom stereocenters. The molecule has 31 heavy (non-hydrogen) atoms. The molecule has 5 rings (SSSR count). The second kappa shape index (κ2) is 7.21. The number of hydrogen-bond acceptors (Lipinski definition) is 6. The Labute approximate surface area is 181 Å². The van der Waals surface area contributed by atoms with E-state index in [0.717, 1.165) is 5.56 Å². The van der Waals surface area contributed by atoms with Gasteiger partial charge in [-0.2, -0.15) is 5.10 Å². The minimum Gasteiger partial charge on any atom is -0.362 e. The van der Waals surface area contributed by atoms with Gasteiger partial charge in [-0.3, -0.25) is 14.0 Å².